The Labute approximate surface area is 349 Å². The van der Waals surface area contributed by atoms with Crippen molar-refractivity contribution in [2.45, 2.75) is 24.7 Å². The zero-order valence-corrected chi connectivity index (χ0v) is 33.4. The molecule has 0 bridgehead atoms. The van der Waals surface area contributed by atoms with E-state index in [1.807, 2.05) is 6.07 Å². The molecule has 282 valence electrons. The van der Waals surface area contributed by atoms with Gasteiger partial charge in [-0.25, -0.2) is 0 Å². The molecule has 1 aromatic heterocycles. The van der Waals surface area contributed by atoms with E-state index in [4.69, 9.17) is 4.42 Å². The predicted octanol–water partition coefficient (Wildman–Crippen LogP) is 15.4. The van der Waals surface area contributed by atoms with Crippen LogP contribution < -0.4 is 4.90 Å². The van der Waals surface area contributed by atoms with Gasteiger partial charge in [0.25, 0.3) is 0 Å². The highest BCUT2D eigenvalue weighted by Crippen LogP contribution is 2.63. The largest absolute Gasteiger partial charge is 0.455 e. The lowest BCUT2D eigenvalue weighted by molar-refractivity contribution is 0.660. The van der Waals surface area contributed by atoms with Gasteiger partial charge in [0.1, 0.15) is 11.2 Å². The molecule has 2 heteroatoms. The molecule has 3 aliphatic carbocycles. The summed E-state index contributed by atoms with van der Waals surface area (Å²) in [5.41, 5.74) is 22.7. The summed E-state index contributed by atoms with van der Waals surface area (Å²) < 4.78 is 6.70. The van der Waals surface area contributed by atoms with Crippen molar-refractivity contribution < 1.29 is 4.42 Å². The first-order valence-electron chi connectivity index (χ1n) is 21.0. The molecule has 0 saturated carbocycles. The first kappa shape index (κ1) is 33.5. The molecule has 60 heavy (non-hydrogen) atoms. The number of fused-ring (bicyclic) bond motifs is 16. The second-order valence-corrected chi connectivity index (χ2v) is 17.2. The Morgan fingerprint density at radius 2 is 0.833 bits per heavy atom. The third-order valence-electron chi connectivity index (χ3n) is 13.9. The molecule has 0 aliphatic heterocycles. The molecule has 9 aromatic carbocycles. The van der Waals surface area contributed by atoms with E-state index in [9.17, 15) is 0 Å². The van der Waals surface area contributed by atoms with Crippen LogP contribution in [0.4, 0.5) is 17.1 Å². The topological polar surface area (TPSA) is 16.4 Å². The highest BCUT2D eigenvalue weighted by Gasteiger charge is 2.51. The quantitative estimate of drug-likeness (QED) is 0.177. The van der Waals surface area contributed by atoms with Crippen LogP contribution in [0.25, 0.3) is 66.4 Å². The number of nitrogens with zero attached hydrogens (tertiary/aromatic N) is 1. The second kappa shape index (κ2) is 12.1. The van der Waals surface area contributed by atoms with Crippen LogP contribution in [0.1, 0.15) is 47.2 Å². The van der Waals surface area contributed by atoms with Gasteiger partial charge in [0.05, 0.1) is 11.1 Å². The van der Waals surface area contributed by atoms with Crippen molar-refractivity contribution in [3.8, 4) is 44.5 Å². The predicted molar refractivity (Wildman–Crippen MR) is 248 cm³/mol. The van der Waals surface area contributed by atoms with Gasteiger partial charge in [0.2, 0.25) is 0 Å². The fourth-order valence-corrected chi connectivity index (χ4v) is 11.3. The van der Waals surface area contributed by atoms with Crippen molar-refractivity contribution >= 4 is 39.0 Å². The molecule has 0 saturated heterocycles. The average molecular weight is 766 g/mol. The molecule has 0 atom stereocenters. The molecule has 2 nitrogen and oxygen atoms in total. The van der Waals surface area contributed by atoms with Crippen LogP contribution in [0.15, 0.2) is 205 Å². The van der Waals surface area contributed by atoms with E-state index in [0.29, 0.717) is 0 Å². The van der Waals surface area contributed by atoms with Crippen molar-refractivity contribution in [3.63, 3.8) is 0 Å². The Morgan fingerprint density at radius 3 is 1.55 bits per heavy atom. The molecular formula is C58H39NO. The van der Waals surface area contributed by atoms with Crippen molar-refractivity contribution in [2.75, 3.05) is 4.90 Å². The lowest BCUT2D eigenvalue weighted by Gasteiger charge is -2.32. The number of furan rings is 1. The van der Waals surface area contributed by atoms with Crippen molar-refractivity contribution in [3.05, 3.63) is 234 Å². The van der Waals surface area contributed by atoms with Gasteiger partial charge in [0, 0.05) is 38.7 Å². The van der Waals surface area contributed by atoms with Crippen molar-refractivity contribution in [1.82, 2.24) is 0 Å². The average Bonchev–Trinajstić information content (AvgIpc) is 3.99. The summed E-state index contributed by atoms with van der Waals surface area (Å²) in [5, 5.41) is 2.25. The summed E-state index contributed by atoms with van der Waals surface area (Å²) >= 11 is 0. The van der Waals surface area contributed by atoms with Crippen LogP contribution in [0.2, 0.25) is 0 Å². The fraction of sp³-hybridized carbons (Fsp3) is 0.0690. The van der Waals surface area contributed by atoms with Gasteiger partial charge in [-0.15, -0.1) is 0 Å². The molecule has 3 aliphatic rings. The van der Waals surface area contributed by atoms with Crippen LogP contribution in [-0.4, -0.2) is 0 Å². The standard InChI is InChI=1S/C58H39NO/c1-57(2)48-24-9-3-16-38(48)42-32-30-37(35-53(42)57)59(54-28-13-7-20-43(54)45-22-15-23-46-44-21-8-14-29-55(44)60-56(45)46)36-31-33-52-47(34-36)41-19-6-12-27-51(41)58(52)49-25-10-4-17-39(49)40-18-5-11-26-50(40)58/h3-35H,1-2H3. The van der Waals surface area contributed by atoms with Gasteiger partial charge >= 0.3 is 0 Å². The van der Waals surface area contributed by atoms with Crippen LogP contribution in [0.5, 0.6) is 0 Å². The zero-order chi connectivity index (χ0) is 39.7. The molecule has 0 fully saturated rings. The van der Waals surface area contributed by atoms with Crippen LogP contribution in [-0.2, 0) is 10.8 Å². The zero-order valence-electron chi connectivity index (χ0n) is 33.4. The monoisotopic (exact) mass is 765 g/mol. The molecule has 1 heterocycles. The number of para-hydroxylation sites is 3. The molecule has 0 amide bonds. The molecule has 10 aromatic rings. The molecular weight excluding hydrogens is 727 g/mol. The Bertz CT molecular complexity index is 3390. The van der Waals surface area contributed by atoms with Gasteiger partial charge in [-0.3, -0.25) is 0 Å². The lowest BCUT2D eigenvalue weighted by atomic mass is 9.70. The van der Waals surface area contributed by atoms with Crippen molar-refractivity contribution in [2.24, 2.45) is 0 Å². The van der Waals surface area contributed by atoms with Crippen LogP contribution in [0.3, 0.4) is 0 Å². The van der Waals surface area contributed by atoms with E-state index in [1.165, 1.54) is 66.8 Å². The number of hydrogen-bond donors (Lipinski definition) is 0. The summed E-state index contributed by atoms with van der Waals surface area (Å²) in [6.07, 6.45) is 0. The van der Waals surface area contributed by atoms with E-state index in [1.54, 1.807) is 0 Å². The minimum Gasteiger partial charge on any atom is -0.455 e. The maximum absolute atomic E-state index is 6.70. The molecule has 0 radical (unpaired) electrons. The highest BCUT2D eigenvalue weighted by atomic mass is 16.3. The summed E-state index contributed by atoms with van der Waals surface area (Å²) in [6.45, 7) is 4.73. The number of hydrogen-bond acceptors (Lipinski definition) is 2. The summed E-state index contributed by atoms with van der Waals surface area (Å²) in [4.78, 5) is 2.49. The first-order chi connectivity index (χ1) is 29.5. The number of rotatable bonds is 4. The van der Waals surface area contributed by atoms with Gasteiger partial charge < -0.3 is 9.32 Å². The highest BCUT2D eigenvalue weighted by molar-refractivity contribution is 6.11. The number of anilines is 3. The van der Waals surface area contributed by atoms with E-state index in [-0.39, 0.29) is 5.41 Å². The normalized spacial score (nSPS) is 14.4. The van der Waals surface area contributed by atoms with Gasteiger partial charge in [0.15, 0.2) is 0 Å². The smallest absolute Gasteiger partial charge is 0.143 e. The lowest BCUT2D eigenvalue weighted by Crippen LogP contribution is -2.25. The van der Waals surface area contributed by atoms with Crippen LogP contribution in [0, 0.1) is 0 Å². The Balaban J connectivity index is 1.08. The minimum atomic E-state index is -0.402. The third kappa shape index (κ3) is 4.27. The van der Waals surface area contributed by atoms with Crippen LogP contribution >= 0.6 is 0 Å². The second-order valence-electron chi connectivity index (χ2n) is 17.2. The molecule has 1 spiro atoms. The van der Waals surface area contributed by atoms with E-state index >= 15 is 0 Å². The molecule has 0 unspecified atom stereocenters. The SMILES string of the molecule is CC1(C)c2ccccc2-c2ccc(N(c3ccc4c(c3)-c3ccccc3C43c4ccccc4-c4ccccc43)c3ccccc3-c3cccc4c3oc3ccccc34)cc21. The van der Waals surface area contributed by atoms with E-state index in [2.05, 4.69) is 213 Å². The van der Waals surface area contributed by atoms with Crippen molar-refractivity contribution in [1.29, 1.82) is 0 Å². The summed E-state index contributed by atoms with van der Waals surface area (Å²) in [5.74, 6) is 0. The maximum atomic E-state index is 6.70. The van der Waals surface area contributed by atoms with Gasteiger partial charge in [-0.05, 0) is 103 Å². The first-order valence-corrected chi connectivity index (χ1v) is 21.0. The molecule has 0 N–H and O–H groups in total. The Morgan fingerprint density at radius 1 is 0.350 bits per heavy atom. The number of benzene rings is 9. The maximum Gasteiger partial charge on any atom is 0.143 e. The fourth-order valence-electron chi connectivity index (χ4n) is 11.3. The Kier molecular flexibility index (Phi) is 6.74. The Hall–Kier alpha value is -7.42. The molecule has 13 rings (SSSR count). The summed E-state index contributed by atoms with van der Waals surface area (Å²) in [6, 6.07) is 74.2. The summed E-state index contributed by atoms with van der Waals surface area (Å²) in [7, 11) is 0. The van der Waals surface area contributed by atoms with E-state index < -0.39 is 5.41 Å². The van der Waals surface area contributed by atoms with E-state index in [0.717, 1.165) is 50.1 Å². The van der Waals surface area contributed by atoms with Gasteiger partial charge in [-0.1, -0.05) is 178 Å². The van der Waals surface area contributed by atoms with Gasteiger partial charge in [-0.2, -0.15) is 0 Å². The minimum absolute atomic E-state index is 0.153. The third-order valence-corrected chi connectivity index (χ3v) is 13.9.